The van der Waals surface area contributed by atoms with Crippen LogP contribution in [-0.2, 0) is 0 Å². The summed E-state index contributed by atoms with van der Waals surface area (Å²) in [5, 5.41) is 9.40. The van der Waals surface area contributed by atoms with Crippen LogP contribution >= 0.6 is 0 Å². The van der Waals surface area contributed by atoms with Gasteiger partial charge in [0.25, 0.3) is 0 Å². The van der Waals surface area contributed by atoms with Crippen LogP contribution in [0.3, 0.4) is 0 Å². The molecule has 0 aromatic heterocycles. The molecule has 0 saturated carbocycles. The quantitative estimate of drug-likeness (QED) is 0.890. The van der Waals surface area contributed by atoms with Gasteiger partial charge in [-0.25, -0.2) is 0 Å². The molecule has 0 saturated heterocycles. The Morgan fingerprint density at radius 3 is 2.68 bits per heavy atom. The Labute approximate surface area is 118 Å². The predicted molar refractivity (Wildman–Crippen MR) is 77.7 cm³/mol. The first-order chi connectivity index (χ1) is 10.4. The van der Waals surface area contributed by atoms with Gasteiger partial charge in [-0.15, -0.1) is 0 Å². The highest BCUT2D eigenvalue weighted by molar-refractivity contribution is 5.44. The topological polar surface area (TPSA) is 29.5 Å². The van der Waals surface area contributed by atoms with Crippen LogP contribution in [0.4, 0.5) is 0 Å². The fourth-order valence-corrected chi connectivity index (χ4v) is 2.35. The van der Waals surface area contributed by atoms with E-state index in [1.165, 1.54) is 0 Å². The third-order valence-corrected chi connectivity index (χ3v) is 3.27. The first kappa shape index (κ1) is 10.0. The highest BCUT2D eigenvalue weighted by Crippen LogP contribution is 2.34. The SMILES string of the molecule is [2H]C([2H])([2H])Oc1ccc(C)cc1C(CCO)c1ccccc1. The zero-order chi connectivity index (χ0) is 16.2. The van der Waals surface area contributed by atoms with E-state index in [9.17, 15) is 5.11 Å². The number of methoxy groups -OCH3 is 1. The summed E-state index contributed by atoms with van der Waals surface area (Å²) in [5.41, 5.74) is 2.83. The lowest BCUT2D eigenvalue weighted by molar-refractivity contribution is 0.280. The van der Waals surface area contributed by atoms with Crippen molar-refractivity contribution in [3.63, 3.8) is 0 Å². The fourth-order valence-electron chi connectivity index (χ4n) is 2.35. The smallest absolute Gasteiger partial charge is 0.122 e. The van der Waals surface area contributed by atoms with E-state index in [1.54, 1.807) is 6.07 Å². The molecule has 0 amide bonds. The Kier molecular flexibility index (Phi) is 3.38. The van der Waals surface area contributed by atoms with Crippen molar-refractivity contribution in [2.24, 2.45) is 0 Å². The summed E-state index contributed by atoms with van der Waals surface area (Å²) in [6, 6.07) is 15.2. The number of hydrogen-bond acceptors (Lipinski definition) is 2. The Morgan fingerprint density at radius 2 is 2.00 bits per heavy atom. The van der Waals surface area contributed by atoms with E-state index in [0.717, 1.165) is 16.7 Å². The van der Waals surface area contributed by atoms with E-state index in [4.69, 9.17) is 8.85 Å². The highest BCUT2D eigenvalue weighted by Gasteiger charge is 2.17. The van der Waals surface area contributed by atoms with Crippen LogP contribution in [0.15, 0.2) is 48.5 Å². The van der Waals surface area contributed by atoms with Crippen molar-refractivity contribution in [1.29, 1.82) is 0 Å². The molecule has 2 nitrogen and oxygen atoms in total. The summed E-state index contributed by atoms with van der Waals surface area (Å²) in [6.45, 7) is 1.96. The van der Waals surface area contributed by atoms with Crippen molar-refractivity contribution in [2.75, 3.05) is 13.6 Å². The third-order valence-electron chi connectivity index (χ3n) is 3.27. The van der Waals surface area contributed by atoms with Gasteiger partial charge < -0.3 is 9.84 Å². The number of aliphatic hydroxyl groups is 1. The third kappa shape index (κ3) is 3.15. The molecule has 1 atom stereocenters. The molecule has 0 spiro atoms. The molecule has 0 radical (unpaired) electrons. The summed E-state index contributed by atoms with van der Waals surface area (Å²) in [4.78, 5) is 0. The van der Waals surface area contributed by atoms with Crippen molar-refractivity contribution < 1.29 is 14.0 Å². The highest BCUT2D eigenvalue weighted by atomic mass is 16.5. The van der Waals surface area contributed by atoms with Crippen LogP contribution in [0.1, 0.15) is 33.1 Å². The summed E-state index contributed by atoms with van der Waals surface area (Å²) in [6.07, 6.45) is 0.505. The zero-order valence-electron chi connectivity index (χ0n) is 14.0. The molecule has 0 heterocycles. The average molecular weight is 259 g/mol. The van der Waals surface area contributed by atoms with Crippen LogP contribution < -0.4 is 4.74 Å². The van der Waals surface area contributed by atoms with E-state index >= 15 is 0 Å². The van der Waals surface area contributed by atoms with Crippen molar-refractivity contribution >= 4 is 0 Å². The van der Waals surface area contributed by atoms with Gasteiger partial charge in [0, 0.05) is 18.1 Å². The van der Waals surface area contributed by atoms with Gasteiger partial charge in [-0.3, -0.25) is 0 Å². The maximum Gasteiger partial charge on any atom is 0.122 e. The Hall–Kier alpha value is -1.80. The Morgan fingerprint density at radius 1 is 1.21 bits per heavy atom. The first-order valence-corrected chi connectivity index (χ1v) is 6.36. The van der Waals surface area contributed by atoms with Gasteiger partial charge in [-0.1, -0.05) is 48.0 Å². The predicted octanol–water partition coefficient (Wildman–Crippen LogP) is 3.52. The molecule has 0 aliphatic carbocycles. The second-order valence-electron chi connectivity index (χ2n) is 4.62. The molecule has 2 heteroatoms. The maximum atomic E-state index is 9.40. The molecule has 19 heavy (non-hydrogen) atoms. The molecular formula is C17H20O2. The summed E-state index contributed by atoms with van der Waals surface area (Å²) < 4.78 is 27.1. The van der Waals surface area contributed by atoms with Crippen LogP contribution in [0, 0.1) is 6.92 Å². The van der Waals surface area contributed by atoms with Crippen LogP contribution in [0.5, 0.6) is 5.75 Å². The molecule has 1 unspecified atom stereocenters. The Balaban J connectivity index is 2.48. The molecule has 100 valence electrons. The summed E-state index contributed by atoms with van der Waals surface area (Å²) in [5.74, 6) is 0.233. The van der Waals surface area contributed by atoms with Crippen LogP contribution in [-0.4, -0.2) is 18.8 Å². The molecule has 2 aromatic rings. The number of hydrogen-bond donors (Lipinski definition) is 1. The molecular weight excluding hydrogens is 236 g/mol. The van der Waals surface area contributed by atoms with Gasteiger partial charge in [0.15, 0.2) is 0 Å². The normalized spacial score (nSPS) is 15.2. The van der Waals surface area contributed by atoms with Gasteiger partial charge in [0.2, 0.25) is 0 Å². The van der Waals surface area contributed by atoms with Crippen molar-refractivity contribution in [3.05, 3.63) is 65.2 Å². The van der Waals surface area contributed by atoms with E-state index in [1.807, 2.05) is 49.4 Å². The molecule has 0 bridgehead atoms. The fraction of sp³-hybridized carbons (Fsp3) is 0.294. The van der Waals surface area contributed by atoms with Crippen LogP contribution in [0.2, 0.25) is 0 Å². The number of aryl methyl sites for hydroxylation is 1. The minimum Gasteiger partial charge on any atom is -0.496 e. The standard InChI is InChI=1S/C17H20O2/c1-13-8-9-17(19-2)16(12-13)15(10-11-18)14-6-4-3-5-7-14/h3-9,12,15,18H,10-11H2,1-2H3/i2D3. The van der Waals surface area contributed by atoms with Crippen molar-refractivity contribution in [1.82, 2.24) is 0 Å². The molecule has 0 aliphatic heterocycles. The summed E-state index contributed by atoms with van der Waals surface area (Å²) >= 11 is 0. The van der Waals surface area contributed by atoms with Gasteiger partial charge in [-0.05, 0) is 25.0 Å². The first-order valence-electron chi connectivity index (χ1n) is 7.86. The maximum absolute atomic E-state index is 9.40. The number of rotatable bonds is 5. The monoisotopic (exact) mass is 259 g/mol. The lowest BCUT2D eigenvalue weighted by Gasteiger charge is -2.20. The molecule has 0 aliphatic rings. The number of ether oxygens (including phenoxy) is 1. The number of benzene rings is 2. The zero-order valence-corrected chi connectivity index (χ0v) is 11.0. The van der Waals surface area contributed by atoms with Crippen LogP contribution in [0.25, 0.3) is 0 Å². The molecule has 0 fully saturated rings. The van der Waals surface area contributed by atoms with Gasteiger partial charge in [-0.2, -0.15) is 0 Å². The van der Waals surface area contributed by atoms with Crippen molar-refractivity contribution in [3.8, 4) is 5.75 Å². The molecule has 2 rings (SSSR count). The van der Waals surface area contributed by atoms with Gasteiger partial charge >= 0.3 is 0 Å². The second-order valence-corrected chi connectivity index (χ2v) is 4.62. The molecule has 2 aromatic carbocycles. The van der Waals surface area contributed by atoms with E-state index in [-0.39, 0.29) is 12.5 Å². The van der Waals surface area contributed by atoms with E-state index < -0.39 is 7.04 Å². The lowest BCUT2D eigenvalue weighted by atomic mass is 9.87. The lowest BCUT2D eigenvalue weighted by Crippen LogP contribution is -2.06. The summed E-state index contributed by atoms with van der Waals surface area (Å²) in [7, 11) is -2.50. The van der Waals surface area contributed by atoms with Gasteiger partial charge in [0.1, 0.15) is 5.75 Å². The number of aliphatic hydroxyl groups excluding tert-OH is 1. The van der Waals surface area contributed by atoms with E-state index in [2.05, 4.69) is 0 Å². The largest absolute Gasteiger partial charge is 0.496 e. The van der Waals surface area contributed by atoms with Crippen molar-refractivity contribution in [2.45, 2.75) is 19.3 Å². The second kappa shape index (κ2) is 6.39. The average Bonchev–Trinajstić information content (AvgIpc) is 2.46. The Bertz CT molecular complexity index is 609. The molecule has 1 N–H and O–H groups in total. The minimum absolute atomic E-state index is 0.0146. The minimum atomic E-state index is -2.50. The van der Waals surface area contributed by atoms with E-state index in [0.29, 0.717) is 12.2 Å². The van der Waals surface area contributed by atoms with Gasteiger partial charge in [0.05, 0.1) is 11.2 Å².